The van der Waals surface area contributed by atoms with E-state index in [9.17, 15) is 4.79 Å². The molecule has 140 valence electrons. The molecular formula is C22H18BrN3OS. The third-order valence-corrected chi connectivity index (χ3v) is 7.49. The molecule has 4 aromatic rings. The Hall–Kier alpha value is -2.28. The second kappa shape index (κ2) is 7.28. The van der Waals surface area contributed by atoms with Gasteiger partial charge < -0.3 is 4.98 Å². The fourth-order valence-corrected chi connectivity index (χ4v) is 5.71. The highest BCUT2D eigenvalue weighted by Gasteiger charge is 2.23. The van der Waals surface area contributed by atoms with Gasteiger partial charge in [-0.2, -0.15) is 0 Å². The third kappa shape index (κ3) is 3.21. The predicted octanol–water partition coefficient (Wildman–Crippen LogP) is 4.97. The van der Waals surface area contributed by atoms with Gasteiger partial charge >= 0.3 is 0 Å². The number of nitrogens with zero attached hydrogens (tertiary/aromatic N) is 2. The first kappa shape index (κ1) is 17.8. The number of aromatic nitrogens is 2. The minimum Gasteiger partial charge on any atom is -0.306 e. The zero-order valence-electron chi connectivity index (χ0n) is 15.1. The molecule has 1 aliphatic rings. The van der Waals surface area contributed by atoms with Crippen molar-refractivity contribution in [1.29, 1.82) is 0 Å². The van der Waals surface area contributed by atoms with E-state index in [0.29, 0.717) is 12.4 Å². The third-order valence-electron chi connectivity index (χ3n) is 5.17. The lowest BCUT2D eigenvalue weighted by Crippen LogP contribution is -2.34. The summed E-state index contributed by atoms with van der Waals surface area (Å²) in [5, 5.41) is 1.26. The average molecular weight is 452 g/mol. The van der Waals surface area contributed by atoms with Gasteiger partial charge in [0.15, 0.2) is 0 Å². The van der Waals surface area contributed by atoms with Crippen LogP contribution in [0, 0.1) is 0 Å². The van der Waals surface area contributed by atoms with E-state index in [0.717, 1.165) is 36.3 Å². The zero-order valence-corrected chi connectivity index (χ0v) is 17.5. The SMILES string of the molecule is O=c1[nH]c(-c2ccccc2)nc2c1CCN(Cc1sc3ccccc3c1Br)C2. The summed E-state index contributed by atoms with van der Waals surface area (Å²) >= 11 is 5.60. The molecule has 1 aliphatic heterocycles. The molecule has 6 heteroatoms. The van der Waals surface area contributed by atoms with E-state index < -0.39 is 0 Å². The lowest BCUT2D eigenvalue weighted by atomic mass is 10.1. The Labute approximate surface area is 175 Å². The molecule has 0 atom stereocenters. The standard InChI is InChI=1S/C22H18BrN3OS/c23-20-16-8-4-5-9-18(16)28-19(20)13-26-11-10-15-17(12-26)24-21(25-22(15)27)14-6-2-1-3-7-14/h1-9H,10-13H2,(H,24,25,27). The van der Waals surface area contributed by atoms with Crippen molar-refractivity contribution < 1.29 is 0 Å². The molecule has 5 rings (SSSR count). The van der Waals surface area contributed by atoms with Gasteiger partial charge in [0.05, 0.1) is 5.69 Å². The van der Waals surface area contributed by atoms with Crippen LogP contribution in [0.1, 0.15) is 16.1 Å². The fourth-order valence-electron chi connectivity index (χ4n) is 3.73. The van der Waals surface area contributed by atoms with Crippen LogP contribution in [0.15, 0.2) is 63.9 Å². The molecule has 0 saturated heterocycles. The molecule has 0 aliphatic carbocycles. The van der Waals surface area contributed by atoms with Gasteiger partial charge in [-0.25, -0.2) is 4.98 Å². The van der Waals surface area contributed by atoms with E-state index in [1.807, 2.05) is 41.7 Å². The molecule has 0 unspecified atom stereocenters. The molecule has 0 amide bonds. The summed E-state index contributed by atoms with van der Waals surface area (Å²) in [7, 11) is 0. The number of rotatable bonds is 3. The Morgan fingerprint density at radius 3 is 2.71 bits per heavy atom. The van der Waals surface area contributed by atoms with Gasteiger partial charge in [-0.3, -0.25) is 9.69 Å². The first-order valence-electron chi connectivity index (χ1n) is 9.25. The molecule has 1 N–H and O–H groups in total. The summed E-state index contributed by atoms with van der Waals surface area (Å²) in [6, 6.07) is 18.3. The quantitative estimate of drug-likeness (QED) is 0.478. The van der Waals surface area contributed by atoms with Gasteiger partial charge in [-0.15, -0.1) is 11.3 Å². The number of hydrogen-bond donors (Lipinski definition) is 1. The molecule has 0 bridgehead atoms. The number of halogens is 1. The number of hydrogen-bond acceptors (Lipinski definition) is 4. The van der Waals surface area contributed by atoms with Gasteiger partial charge in [0.25, 0.3) is 5.56 Å². The van der Waals surface area contributed by atoms with Crippen LogP contribution in [-0.4, -0.2) is 21.4 Å². The predicted molar refractivity (Wildman–Crippen MR) is 118 cm³/mol. The van der Waals surface area contributed by atoms with Gasteiger partial charge in [-0.05, 0) is 28.4 Å². The van der Waals surface area contributed by atoms with Crippen molar-refractivity contribution in [2.75, 3.05) is 6.54 Å². The van der Waals surface area contributed by atoms with E-state index in [1.54, 1.807) is 0 Å². The van der Waals surface area contributed by atoms with E-state index in [-0.39, 0.29) is 5.56 Å². The highest BCUT2D eigenvalue weighted by molar-refractivity contribution is 9.10. The Morgan fingerprint density at radius 2 is 1.89 bits per heavy atom. The van der Waals surface area contributed by atoms with Gasteiger partial charge in [0.2, 0.25) is 0 Å². The van der Waals surface area contributed by atoms with Crippen LogP contribution in [0.2, 0.25) is 0 Å². The summed E-state index contributed by atoms with van der Waals surface area (Å²) in [4.78, 5) is 24.0. The number of H-pyrrole nitrogens is 1. The highest BCUT2D eigenvalue weighted by atomic mass is 79.9. The zero-order chi connectivity index (χ0) is 19.1. The largest absolute Gasteiger partial charge is 0.306 e. The van der Waals surface area contributed by atoms with Crippen molar-refractivity contribution in [3.8, 4) is 11.4 Å². The maximum atomic E-state index is 12.6. The minimum atomic E-state index is -0.00783. The maximum Gasteiger partial charge on any atom is 0.254 e. The van der Waals surface area contributed by atoms with E-state index >= 15 is 0 Å². The molecule has 0 saturated carbocycles. The summed E-state index contributed by atoms with van der Waals surface area (Å²) in [5.41, 5.74) is 2.65. The molecule has 4 nitrogen and oxygen atoms in total. The van der Waals surface area contributed by atoms with Crippen molar-refractivity contribution in [1.82, 2.24) is 14.9 Å². The van der Waals surface area contributed by atoms with Crippen LogP contribution in [0.5, 0.6) is 0 Å². The van der Waals surface area contributed by atoms with Crippen molar-refractivity contribution in [2.45, 2.75) is 19.5 Å². The second-order valence-corrected chi connectivity index (χ2v) is 8.93. The van der Waals surface area contributed by atoms with Crippen LogP contribution in [0.25, 0.3) is 21.5 Å². The lowest BCUT2D eigenvalue weighted by molar-refractivity contribution is 0.242. The number of benzene rings is 2. The molecule has 0 radical (unpaired) electrons. The average Bonchev–Trinajstić information content (AvgIpc) is 3.04. The fraction of sp³-hybridized carbons (Fsp3) is 0.182. The van der Waals surface area contributed by atoms with Crippen molar-refractivity contribution in [3.05, 3.63) is 85.6 Å². The second-order valence-electron chi connectivity index (χ2n) is 7.00. The summed E-state index contributed by atoms with van der Waals surface area (Å²) in [6.45, 7) is 2.41. The Kier molecular flexibility index (Phi) is 4.62. The Bertz CT molecular complexity index is 1220. The van der Waals surface area contributed by atoms with Crippen LogP contribution < -0.4 is 5.56 Å². The summed E-state index contributed by atoms with van der Waals surface area (Å²) < 4.78 is 2.48. The first-order chi connectivity index (χ1) is 13.7. The van der Waals surface area contributed by atoms with Crippen molar-refractivity contribution in [2.24, 2.45) is 0 Å². The van der Waals surface area contributed by atoms with Gasteiger partial charge in [0, 0.05) is 50.2 Å². The van der Waals surface area contributed by atoms with Gasteiger partial charge in [-0.1, -0.05) is 48.5 Å². The van der Waals surface area contributed by atoms with E-state index in [1.165, 1.54) is 19.4 Å². The monoisotopic (exact) mass is 451 g/mol. The van der Waals surface area contributed by atoms with E-state index in [4.69, 9.17) is 4.98 Å². The summed E-state index contributed by atoms with van der Waals surface area (Å²) in [6.07, 6.45) is 0.731. The van der Waals surface area contributed by atoms with Crippen molar-refractivity contribution in [3.63, 3.8) is 0 Å². The topological polar surface area (TPSA) is 49.0 Å². The molecule has 3 heterocycles. The Morgan fingerprint density at radius 1 is 1.11 bits per heavy atom. The van der Waals surface area contributed by atoms with Gasteiger partial charge in [0.1, 0.15) is 5.82 Å². The molecular weight excluding hydrogens is 434 g/mol. The first-order valence-corrected chi connectivity index (χ1v) is 10.9. The maximum absolute atomic E-state index is 12.6. The Balaban J connectivity index is 1.45. The molecule has 2 aromatic heterocycles. The molecule has 0 spiro atoms. The number of fused-ring (bicyclic) bond motifs is 2. The molecule has 0 fully saturated rings. The van der Waals surface area contributed by atoms with Crippen LogP contribution in [0.3, 0.4) is 0 Å². The number of aromatic amines is 1. The number of thiophene rings is 1. The summed E-state index contributed by atoms with van der Waals surface area (Å²) in [5.74, 6) is 0.647. The van der Waals surface area contributed by atoms with E-state index in [2.05, 4.69) is 50.1 Å². The highest BCUT2D eigenvalue weighted by Crippen LogP contribution is 2.36. The van der Waals surface area contributed by atoms with Crippen LogP contribution in [-0.2, 0) is 19.5 Å². The normalized spacial score (nSPS) is 14.3. The molecule has 2 aromatic carbocycles. The van der Waals surface area contributed by atoms with Crippen molar-refractivity contribution >= 4 is 37.4 Å². The lowest BCUT2D eigenvalue weighted by Gasteiger charge is -2.27. The van der Waals surface area contributed by atoms with Crippen LogP contribution in [0.4, 0.5) is 0 Å². The number of nitrogens with one attached hydrogen (secondary N) is 1. The minimum absolute atomic E-state index is 0.00783. The molecule has 28 heavy (non-hydrogen) atoms. The van der Waals surface area contributed by atoms with Crippen LogP contribution >= 0.6 is 27.3 Å². The smallest absolute Gasteiger partial charge is 0.254 e.